The van der Waals surface area contributed by atoms with Gasteiger partial charge in [-0.3, -0.25) is 9.59 Å². The molecule has 2 fully saturated rings. The van der Waals surface area contributed by atoms with Crippen LogP contribution < -0.4 is 16.0 Å². The van der Waals surface area contributed by atoms with Crippen molar-refractivity contribution >= 4 is 17.5 Å². The Morgan fingerprint density at radius 1 is 1.16 bits per heavy atom. The zero-order chi connectivity index (χ0) is 18.0. The molecule has 5 nitrogen and oxygen atoms in total. The van der Waals surface area contributed by atoms with Gasteiger partial charge in [-0.05, 0) is 64.2 Å². The molecule has 3 rings (SSSR count). The molecule has 0 aromatic heterocycles. The molecule has 136 valence electrons. The monoisotopic (exact) mass is 343 g/mol. The molecule has 1 aromatic rings. The third-order valence-corrected chi connectivity index (χ3v) is 5.06. The number of hydrogen-bond donors (Lipinski definition) is 3. The number of anilines is 1. The van der Waals surface area contributed by atoms with Crippen LogP contribution in [0, 0.1) is 5.92 Å². The summed E-state index contributed by atoms with van der Waals surface area (Å²) in [5.74, 6) is 0.504. The van der Waals surface area contributed by atoms with E-state index in [1.807, 2.05) is 26.8 Å². The minimum Gasteiger partial charge on any atom is -0.347 e. The van der Waals surface area contributed by atoms with Gasteiger partial charge >= 0.3 is 0 Å². The van der Waals surface area contributed by atoms with Crippen LogP contribution in [0.5, 0.6) is 0 Å². The summed E-state index contributed by atoms with van der Waals surface area (Å²) in [6.45, 7) is 5.84. The first-order valence-electron chi connectivity index (χ1n) is 9.31. The second-order valence-corrected chi connectivity index (χ2v) is 8.38. The van der Waals surface area contributed by atoms with Crippen molar-refractivity contribution in [2.45, 2.75) is 70.5 Å². The minimum atomic E-state index is -0.291. The smallest absolute Gasteiger partial charge is 0.251 e. The van der Waals surface area contributed by atoms with Crippen molar-refractivity contribution in [2.24, 2.45) is 5.92 Å². The van der Waals surface area contributed by atoms with Crippen LogP contribution in [0.1, 0.15) is 63.2 Å². The van der Waals surface area contributed by atoms with Crippen LogP contribution in [-0.2, 0) is 4.79 Å². The van der Waals surface area contributed by atoms with Gasteiger partial charge in [-0.1, -0.05) is 18.9 Å². The quantitative estimate of drug-likeness (QED) is 0.790. The van der Waals surface area contributed by atoms with Crippen molar-refractivity contribution in [3.63, 3.8) is 0 Å². The summed E-state index contributed by atoms with van der Waals surface area (Å²) in [6.07, 6.45) is 5.86. The van der Waals surface area contributed by atoms with E-state index in [4.69, 9.17) is 0 Å². The fourth-order valence-corrected chi connectivity index (χ4v) is 3.90. The second-order valence-electron chi connectivity index (χ2n) is 8.38. The van der Waals surface area contributed by atoms with Crippen LogP contribution >= 0.6 is 0 Å². The maximum Gasteiger partial charge on any atom is 0.251 e. The molecule has 5 heteroatoms. The molecule has 0 radical (unpaired) electrons. The molecular weight excluding hydrogens is 314 g/mol. The lowest BCUT2D eigenvalue weighted by Crippen LogP contribution is -2.41. The molecule has 0 spiro atoms. The summed E-state index contributed by atoms with van der Waals surface area (Å²) in [6, 6.07) is 7.50. The Hall–Kier alpha value is -1.88. The van der Waals surface area contributed by atoms with Crippen LogP contribution in [0.4, 0.5) is 5.69 Å². The molecule has 25 heavy (non-hydrogen) atoms. The molecule has 2 amide bonds. The Morgan fingerprint density at radius 3 is 2.64 bits per heavy atom. The van der Waals surface area contributed by atoms with Crippen LogP contribution in [0.15, 0.2) is 24.3 Å². The predicted molar refractivity (Wildman–Crippen MR) is 99.6 cm³/mol. The van der Waals surface area contributed by atoms with E-state index in [-0.39, 0.29) is 23.4 Å². The number of fused-ring (bicyclic) bond motifs is 1. The molecule has 2 aliphatic rings. The standard InChI is InChI=1S/C20H29N3O2/c1-20(2,3)23-18(24)14-8-6-9-15(11-14)21-19(25)17-12-13-7-4-5-10-16(13)22-17/h6,8-9,11,13,16-17,22H,4-5,7,10,12H2,1-3H3,(H,21,25)(H,23,24). The maximum atomic E-state index is 12.6. The van der Waals surface area contributed by atoms with Gasteiger partial charge in [0.2, 0.25) is 5.91 Å². The van der Waals surface area contributed by atoms with Gasteiger partial charge in [0.15, 0.2) is 0 Å². The summed E-state index contributed by atoms with van der Waals surface area (Å²) in [5.41, 5.74) is 0.935. The third kappa shape index (κ3) is 4.60. The molecule has 1 aliphatic heterocycles. The normalized spacial score (nSPS) is 26.0. The number of nitrogens with one attached hydrogen (secondary N) is 3. The Balaban J connectivity index is 1.62. The number of benzene rings is 1. The lowest BCUT2D eigenvalue weighted by molar-refractivity contribution is -0.117. The van der Waals surface area contributed by atoms with Gasteiger partial charge in [0.05, 0.1) is 6.04 Å². The first kappa shape index (κ1) is 17.9. The Labute approximate surface area is 150 Å². The van der Waals surface area contributed by atoms with Crippen molar-refractivity contribution in [3.8, 4) is 0 Å². The molecular formula is C20H29N3O2. The zero-order valence-electron chi connectivity index (χ0n) is 15.4. The van der Waals surface area contributed by atoms with E-state index in [0.29, 0.717) is 23.2 Å². The van der Waals surface area contributed by atoms with Crippen LogP contribution in [0.2, 0.25) is 0 Å². The summed E-state index contributed by atoms with van der Waals surface area (Å²) in [4.78, 5) is 24.9. The van der Waals surface area contributed by atoms with E-state index in [2.05, 4.69) is 16.0 Å². The minimum absolute atomic E-state index is 0.00257. The highest BCUT2D eigenvalue weighted by atomic mass is 16.2. The Morgan fingerprint density at radius 2 is 1.92 bits per heavy atom. The third-order valence-electron chi connectivity index (χ3n) is 5.06. The number of carbonyl (C=O) groups is 2. The summed E-state index contributed by atoms with van der Waals surface area (Å²) in [7, 11) is 0. The molecule has 1 saturated heterocycles. The molecule has 1 aromatic carbocycles. The molecule has 3 atom stereocenters. The van der Waals surface area contributed by atoms with Gasteiger partial charge in [0, 0.05) is 22.8 Å². The summed E-state index contributed by atoms with van der Waals surface area (Å²) in [5, 5.41) is 9.40. The van der Waals surface area contributed by atoms with Crippen LogP contribution in [0.3, 0.4) is 0 Å². The summed E-state index contributed by atoms with van der Waals surface area (Å²) < 4.78 is 0. The molecule has 1 heterocycles. The van der Waals surface area contributed by atoms with E-state index >= 15 is 0 Å². The van der Waals surface area contributed by atoms with Gasteiger partial charge in [-0.2, -0.15) is 0 Å². The molecule has 1 aliphatic carbocycles. The largest absolute Gasteiger partial charge is 0.347 e. The second kappa shape index (κ2) is 7.16. The topological polar surface area (TPSA) is 70.2 Å². The Bertz CT molecular complexity index is 637. The van der Waals surface area contributed by atoms with E-state index in [9.17, 15) is 9.59 Å². The van der Waals surface area contributed by atoms with E-state index in [0.717, 1.165) is 6.42 Å². The average molecular weight is 343 g/mol. The lowest BCUT2D eigenvalue weighted by Gasteiger charge is -2.24. The van der Waals surface area contributed by atoms with E-state index in [1.54, 1.807) is 18.2 Å². The van der Waals surface area contributed by atoms with Gasteiger partial charge in [-0.15, -0.1) is 0 Å². The number of carbonyl (C=O) groups excluding carboxylic acids is 2. The molecule has 0 bridgehead atoms. The highest BCUT2D eigenvalue weighted by Gasteiger charge is 2.38. The Kier molecular flexibility index (Phi) is 5.13. The maximum absolute atomic E-state index is 12.6. The number of rotatable bonds is 3. The van der Waals surface area contributed by atoms with Crippen molar-refractivity contribution in [1.29, 1.82) is 0 Å². The van der Waals surface area contributed by atoms with Crippen LogP contribution in [0.25, 0.3) is 0 Å². The van der Waals surface area contributed by atoms with Gasteiger partial charge in [-0.25, -0.2) is 0 Å². The molecule has 1 saturated carbocycles. The van der Waals surface area contributed by atoms with Crippen molar-refractivity contribution < 1.29 is 9.59 Å². The van der Waals surface area contributed by atoms with Gasteiger partial charge < -0.3 is 16.0 Å². The van der Waals surface area contributed by atoms with Crippen LogP contribution in [-0.4, -0.2) is 29.4 Å². The highest BCUT2D eigenvalue weighted by molar-refractivity contribution is 5.98. The highest BCUT2D eigenvalue weighted by Crippen LogP contribution is 2.33. The summed E-state index contributed by atoms with van der Waals surface area (Å²) >= 11 is 0. The molecule has 3 N–H and O–H groups in total. The zero-order valence-corrected chi connectivity index (χ0v) is 15.4. The van der Waals surface area contributed by atoms with E-state index < -0.39 is 0 Å². The SMILES string of the molecule is CC(C)(C)NC(=O)c1cccc(NC(=O)C2CC3CCCCC3N2)c1. The number of amides is 2. The fourth-order valence-electron chi connectivity index (χ4n) is 3.90. The lowest BCUT2D eigenvalue weighted by atomic mass is 9.85. The van der Waals surface area contributed by atoms with Crippen molar-refractivity contribution in [3.05, 3.63) is 29.8 Å². The van der Waals surface area contributed by atoms with Gasteiger partial charge in [0.1, 0.15) is 0 Å². The average Bonchev–Trinajstić information content (AvgIpc) is 2.98. The first-order valence-corrected chi connectivity index (χ1v) is 9.31. The molecule has 3 unspecified atom stereocenters. The first-order chi connectivity index (χ1) is 11.8. The predicted octanol–water partition coefficient (Wildman–Crippen LogP) is 3.07. The van der Waals surface area contributed by atoms with Gasteiger partial charge in [0.25, 0.3) is 5.91 Å². The van der Waals surface area contributed by atoms with Crippen molar-refractivity contribution in [2.75, 3.05) is 5.32 Å². The van der Waals surface area contributed by atoms with E-state index in [1.165, 1.54) is 25.7 Å². The number of hydrogen-bond acceptors (Lipinski definition) is 3. The fraction of sp³-hybridized carbons (Fsp3) is 0.600. The van der Waals surface area contributed by atoms with Crippen molar-refractivity contribution in [1.82, 2.24) is 10.6 Å².